The summed E-state index contributed by atoms with van der Waals surface area (Å²) in [6.07, 6.45) is 37.8. The summed E-state index contributed by atoms with van der Waals surface area (Å²) in [6.45, 7) is 4.10. The first-order valence-electron chi connectivity index (χ1n) is 19.7. The Morgan fingerprint density at radius 3 is 1.02 bits per heavy atom. The van der Waals surface area contributed by atoms with Gasteiger partial charge in [0.2, 0.25) is 5.91 Å². The molecule has 0 aromatic heterocycles. The zero-order valence-electron chi connectivity index (χ0n) is 29.7. The fourth-order valence-electron chi connectivity index (χ4n) is 6.20. The van der Waals surface area contributed by atoms with Crippen LogP contribution in [0.2, 0.25) is 0 Å². The number of Topliss-reactive ketones (excluding diaryl/α,β-unsaturated/α-hetero) is 1. The number of amides is 1. The molecule has 0 bridgehead atoms. The van der Waals surface area contributed by atoms with Gasteiger partial charge in [-0.15, -0.1) is 0 Å². The van der Waals surface area contributed by atoms with Gasteiger partial charge in [0.25, 0.3) is 0 Å². The zero-order valence-corrected chi connectivity index (χ0v) is 29.7. The van der Waals surface area contributed by atoms with E-state index in [9.17, 15) is 19.8 Å². The summed E-state index contributed by atoms with van der Waals surface area (Å²) in [6, 6.07) is -0.900. The molecule has 0 aromatic carbocycles. The lowest BCUT2D eigenvalue weighted by Crippen LogP contribution is -2.49. The van der Waals surface area contributed by atoms with E-state index in [1.165, 1.54) is 154 Å². The highest BCUT2D eigenvalue weighted by Gasteiger charge is 2.26. The van der Waals surface area contributed by atoms with Gasteiger partial charge in [-0.05, 0) is 12.8 Å². The molecule has 5 heteroatoms. The van der Waals surface area contributed by atoms with Crippen LogP contribution in [0.4, 0.5) is 0 Å². The number of rotatable bonds is 36. The van der Waals surface area contributed by atoms with Gasteiger partial charge in [0.1, 0.15) is 6.10 Å². The molecular weight excluding hydrogens is 546 g/mol. The number of carbonyl (C=O) groups excluding carboxylic acids is 2. The van der Waals surface area contributed by atoms with Gasteiger partial charge in [0, 0.05) is 12.8 Å². The second-order valence-electron chi connectivity index (χ2n) is 13.7. The molecule has 0 saturated carbocycles. The van der Waals surface area contributed by atoms with Crippen molar-refractivity contribution in [2.45, 2.75) is 231 Å². The van der Waals surface area contributed by atoms with Gasteiger partial charge in [0.15, 0.2) is 5.78 Å². The second kappa shape index (κ2) is 34.9. The normalized spacial score (nSPS) is 12.8. The molecule has 0 aliphatic carbocycles. The Morgan fingerprint density at radius 1 is 0.455 bits per heavy atom. The van der Waals surface area contributed by atoms with Crippen LogP contribution in [0, 0.1) is 0 Å². The largest absolute Gasteiger partial charge is 0.394 e. The predicted molar refractivity (Wildman–Crippen MR) is 189 cm³/mol. The van der Waals surface area contributed by atoms with Crippen molar-refractivity contribution in [3.05, 3.63) is 0 Å². The molecule has 0 fully saturated rings. The third kappa shape index (κ3) is 29.8. The van der Waals surface area contributed by atoms with Crippen LogP contribution >= 0.6 is 0 Å². The van der Waals surface area contributed by atoms with Gasteiger partial charge in [-0.25, -0.2) is 0 Å². The van der Waals surface area contributed by atoms with Crippen molar-refractivity contribution in [2.24, 2.45) is 0 Å². The molecule has 0 aliphatic rings. The smallest absolute Gasteiger partial charge is 0.220 e. The van der Waals surface area contributed by atoms with Gasteiger partial charge in [0.05, 0.1) is 12.6 Å². The van der Waals surface area contributed by atoms with E-state index in [0.29, 0.717) is 12.8 Å². The van der Waals surface area contributed by atoms with E-state index in [0.717, 1.165) is 38.5 Å². The number of nitrogens with one attached hydrogen (secondary N) is 1. The molecule has 0 spiro atoms. The van der Waals surface area contributed by atoms with Crippen molar-refractivity contribution in [1.82, 2.24) is 5.32 Å². The van der Waals surface area contributed by atoms with E-state index in [1.54, 1.807) is 0 Å². The van der Waals surface area contributed by atoms with Crippen molar-refractivity contribution in [3.8, 4) is 0 Å². The molecular formula is C39H77NO4. The number of ketones is 1. The first-order valence-corrected chi connectivity index (χ1v) is 19.7. The second-order valence-corrected chi connectivity index (χ2v) is 13.7. The van der Waals surface area contributed by atoms with Gasteiger partial charge in [-0.3, -0.25) is 9.59 Å². The molecule has 5 nitrogen and oxygen atoms in total. The number of aliphatic hydroxyl groups excluding tert-OH is 2. The maximum absolute atomic E-state index is 12.4. The van der Waals surface area contributed by atoms with Crippen molar-refractivity contribution in [1.29, 1.82) is 0 Å². The van der Waals surface area contributed by atoms with Crippen molar-refractivity contribution in [3.63, 3.8) is 0 Å². The third-order valence-corrected chi connectivity index (χ3v) is 9.29. The molecule has 0 rings (SSSR count). The molecule has 2 atom stereocenters. The van der Waals surface area contributed by atoms with E-state index in [2.05, 4.69) is 19.2 Å². The quantitative estimate of drug-likeness (QED) is 0.0606. The lowest BCUT2D eigenvalue weighted by molar-refractivity contribution is -0.131. The standard InChI is InChI=1S/C39H77NO4/c1-3-5-7-9-11-13-15-16-17-18-19-20-21-22-24-26-28-30-32-34-38(43)40-36(35-41)39(44)37(42)33-31-29-27-25-23-14-12-10-8-6-4-2/h36,39,41,44H,3-35H2,1-2H3,(H,40,43). The summed E-state index contributed by atoms with van der Waals surface area (Å²) < 4.78 is 0. The van der Waals surface area contributed by atoms with E-state index in [1.807, 2.05) is 0 Å². The summed E-state index contributed by atoms with van der Waals surface area (Å²) in [7, 11) is 0. The van der Waals surface area contributed by atoms with Crippen molar-refractivity contribution < 1.29 is 19.8 Å². The maximum atomic E-state index is 12.4. The third-order valence-electron chi connectivity index (χ3n) is 9.29. The Balaban J connectivity index is 3.60. The molecule has 262 valence electrons. The van der Waals surface area contributed by atoms with Crippen LogP contribution in [-0.4, -0.2) is 40.7 Å². The topological polar surface area (TPSA) is 86.6 Å². The Hall–Kier alpha value is -0.940. The number of hydrogen-bond donors (Lipinski definition) is 3. The first-order chi connectivity index (χ1) is 21.6. The van der Waals surface area contributed by atoms with Crippen LogP contribution in [0.1, 0.15) is 219 Å². The van der Waals surface area contributed by atoms with Crippen LogP contribution in [0.15, 0.2) is 0 Å². The number of unbranched alkanes of at least 4 members (excludes halogenated alkanes) is 28. The van der Waals surface area contributed by atoms with E-state index < -0.39 is 18.8 Å². The molecule has 2 unspecified atom stereocenters. The Labute approximate surface area is 274 Å². The average molecular weight is 624 g/mol. The predicted octanol–water partition coefficient (Wildman–Crippen LogP) is 10.9. The highest BCUT2D eigenvalue weighted by molar-refractivity contribution is 5.85. The van der Waals surface area contributed by atoms with Crippen LogP contribution in [0.3, 0.4) is 0 Å². The van der Waals surface area contributed by atoms with Crippen LogP contribution < -0.4 is 5.32 Å². The summed E-state index contributed by atoms with van der Waals surface area (Å²) in [5.74, 6) is -0.457. The average Bonchev–Trinajstić information content (AvgIpc) is 3.03. The Kier molecular flexibility index (Phi) is 34.2. The highest BCUT2D eigenvalue weighted by Crippen LogP contribution is 2.16. The van der Waals surface area contributed by atoms with Gasteiger partial charge in [-0.2, -0.15) is 0 Å². The Morgan fingerprint density at radius 2 is 0.727 bits per heavy atom. The fourth-order valence-corrected chi connectivity index (χ4v) is 6.20. The number of hydrogen-bond acceptors (Lipinski definition) is 4. The first kappa shape index (κ1) is 43.1. The van der Waals surface area contributed by atoms with Crippen molar-refractivity contribution >= 4 is 11.7 Å². The molecule has 0 aromatic rings. The van der Waals surface area contributed by atoms with Gasteiger partial charge >= 0.3 is 0 Å². The summed E-state index contributed by atoms with van der Waals surface area (Å²) in [5, 5.41) is 22.7. The summed E-state index contributed by atoms with van der Waals surface area (Å²) in [4.78, 5) is 24.8. The molecule has 0 saturated heterocycles. The molecule has 0 heterocycles. The summed E-state index contributed by atoms with van der Waals surface area (Å²) >= 11 is 0. The minimum absolute atomic E-state index is 0.183. The lowest BCUT2D eigenvalue weighted by Gasteiger charge is -2.21. The zero-order chi connectivity index (χ0) is 32.4. The number of carbonyl (C=O) groups is 2. The minimum Gasteiger partial charge on any atom is -0.394 e. The van der Waals surface area contributed by atoms with E-state index in [-0.39, 0.29) is 11.7 Å². The fraction of sp³-hybridized carbons (Fsp3) is 0.949. The van der Waals surface area contributed by atoms with Gasteiger partial charge < -0.3 is 15.5 Å². The van der Waals surface area contributed by atoms with Crippen LogP contribution in [-0.2, 0) is 9.59 Å². The lowest BCUT2D eigenvalue weighted by atomic mass is 10.0. The molecule has 3 N–H and O–H groups in total. The van der Waals surface area contributed by atoms with E-state index >= 15 is 0 Å². The number of aliphatic hydroxyl groups is 2. The van der Waals surface area contributed by atoms with Crippen LogP contribution in [0.25, 0.3) is 0 Å². The minimum atomic E-state index is -1.32. The molecule has 0 aliphatic heterocycles. The van der Waals surface area contributed by atoms with Crippen molar-refractivity contribution in [2.75, 3.05) is 6.61 Å². The highest BCUT2D eigenvalue weighted by atomic mass is 16.3. The molecule has 0 radical (unpaired) electrons. The summed E-state index contributed by atoms with van der Waals surface area (Å²) in [5.41, 5.74) is 0. The Bertz CT molecular complexity index is 611. The maximum Gasteiger partial charge on any atom is 0.220 e. The molecule has 1 amide bonds. The van der Waals surface area contributed by atoms with E-state index in [4.69, 9.17) is 0 Å². The SMILES string of the molecule is CCCCCCCCCCCCCCCCCCCCCC(=O)NC(CO)C(O)C(=O)CCCCCCCCCCCCC. The van der Waals surface area contributed by atoms with Gasteiger partial charge in [-0.1, -0.05) is 194 Å². The monoisotopic (exact) mass is 624 g/mol. The molecule has 44 heavy (non-hydrogen) atoms. The van der Waals surface area contributed by atoms with Crippen LogP contribution in [0.5, 0.6) is 0 Å².